The van der Waals surface area contributed by atoms with E-state index in [2.05, 4.69) is 31.2 Å². The van der Waals surface area contributed by atoms with Crippen LogP contribution >= 0.6 is 0 Å². The highest BCUT2D eigenvalue weighted by Gasteiger charge is 2.36. The first-order valence-corrected chi connectivity index (χ1v) is 8.09. The zero-order chi connectivity index (χ0) is 14.4. The van der Waals surface area contributed by atoms with Crippen LogP contribution in [0.4, 0.5) is 0 Å². The molecule has 0 spiro atoms. The third-order valence-electron chi connectivity index (χ3n) is 4.92. The molecule has 1 fully saturated rings. The van der Waals surface area contributed by atoms with Gasteiger partial charge in [0, 0.05) is 13.2 Å². The van der Waals surface area contributed by atoms with E-state index in [1.807, 2.05) is 7.11 Å². The Morgan fingerprint density at radius 1 is 1.05 bits per heavy atom. The number of methoxy groups -OCH3 is 1. The standard InChI is InChI=1S/C18H29NO/c1-3-15-8-10-16(11-9-15)14-17(19)18(20-2)12-6-4-5-7-13-18/h8-11,17H,3-7,12-14,19H2,1-2H3. The first kappa shape index (κ1) is 15.5. The molecule has 0 heterocycles. The Bertz CT molecular complexity index is 390. The quantitative estimate of drug-likeness (QED) is 0.828. The van der Waals surface area contributed by atoms with E-state index >= 15 is 0 Å². The molecule has 2 N–H and O–H groups in total. The molecule has 1 aliphatic carbocycles. The van der Waals surface area contributed by atoms with E-state index in [1.165, 1.54) is 36.8 Å². The average molecular weight is 275 g/mol. The predicted molar refractivity (Wildman–Crippen MR) is 84.9 cm³/mol. The van der Waals surface area contributed by atoms with Gasteiger partial charge in [0.1, 0.15) is 0 Å². The van der Waals surface area contributed by atoms with E-state index in [9.17, 15) is 0 Å². The van der Waals surface area contributed by atoms with Crippen molar-refractivity contribution in [2.45, 2.75) is 69.9 Å². The summed E-state index contributed by atoms with van der Waals surface area (Å²) in [4.78, 5) is 0. The molecule has 112 valence electrons. The number of nitrogens with two attached hydrogens (primary N) is 1. The zero-order valence-corrected chi connectivity index (χ0v) is 13.0. The summed E-state index contributed by atoms with van der Waals surface area (Å²) in [7, 11) is 1.84. The van der Waals surface area contributed by atoms with Crippen molar-refractivity contribution in [1.29, 1.82) is 0 Å². The number of hydrogen-bond acceptors (Lipinski definition) is 2. The van der Waals surface area contributed by atoms with Crippen molar-refractivity contribution in [1.82, 2.24) is 0 Å². The summed E-state index contributed by atoms with van der Waals surface area (Å²) in [6, 6.07) is 8.97. The van der Waals surface area contributed by atoms with Crippen LogP contribution < -0.4 is 5.73 Å². The predicted octanol–water partition coefficient (Wildman–Crippen LogP) is 3.86. The Morgan fingerprint density at radius 3 is 2.10 bits per heavy atom. The molecule has 0 aromatic heterocycles. The minimum Gasteiger partial charge on any atom is -0.377 e. The van der Waals surface area contributed by atoms with Gasteiger partial charge in [0.25, 0.3) is 0 Å². The van der Waals surface area contributed by atoms with Crippen molar-refractivity contribution in [3.05, 3.63) is 35.4 Å². The van der Waals surface area contributed by atoms with Crippen LogP contribution in [0, 0.1) is 0 Å². The van der Waals surface area contributed by atoms with Crippen LogP contribution in [0.1, 0.15) is 56.6 Å². The lowest BCUT2D eigenvalue weighted by molar-refractivity contribution is -0.0430. The molecule has 0 bridgehead atoms. The van der Waals surface area contributed by atoms with Crippen LogP contribution in [0.25, 0.3) is 0 Å². The maximum absolute atomic E-state index is 6.54. The second-order valence-corrected chi connectivity index (χ2v) is 6.16. The summed E-state index contributed by atoms with van der Waals surface area (Å²) in [6.07, 6.45) is 9.36. The molecule has 1 aromatic rings. The van der Waals surface area contributed by atoms with Gasteiger partial charge in [0.2, 0.25) is 0 Å². The molecule has 2 heteroatoms. The summed E-state index contributed by atoms with van der Waals surface area (Å²) in [6.45, 7) is 2.19. The van der Waals surface area contributed by atoms with Gasteiger partial charge in [-0.2, -0.15) is 0 Å². The molecule has 2 nitrogen and oxygen atoms in total. The molecule has 1 unspecified atom stereocenters. The summed E-state index contributed by atoms with van der Waals surface area (Å²) in [5.41, 5.74) is 9.15. The highest BCUT2D eigenvalue weighted by Crippen LogP contribution is 2.33. The largest absolute Gasteiger partial charge is 0.377 e. The van der Waals surface area contributed by atoms with Crippen molar-refractivity contribution in [2.75, 3.05) is 7.11 Å². The zero-order valence-electron chi connectivity index (χ0n) is 13.0. The monoisotopic (exact) mass is 275 g/mol. The van der Waals surface area contributed by atoms with E-state index < -0.39 is 0 Å². The lowest BCUT2D eigenvalue weighted by Gasteiger charge is -2.37. The maximum Gasteiger partial charge on any atom is 0.0832 e. The van der Waals surface area contributed by atoms with Gasteiger partial charge >= 0.3 is 0 Å². The topological polar surface area (TPSA) is 35.2 Å². The van der Waals surface area contributed by atoms with E-state index in [4.69, 9.17) is 10.5 Å². The fourth-order valence-corrected chi connectivity index (χ4v) is 3.40. The molecule has 20 heavy (non-hydrogen) atoms. The number of rotatable bonds is 5. The normalized spacial score (nSPS) is 20.4. The van der Waals surface area contributed by atoms with Crippen molar-refractivity contribution in [3.8, 4) is 0 Å². The van der Waals surface area contributed by atoms with Crippen LogP contribution in [0.2, 0.25) is 0 Å². The second kappa shape index (κ2) is 7.24. The van der Waals surface area contributed by atoms with Gasteiger partial charge in [0.15, 0.2) is 0 Å². The Hall–Kier alpha value is -0.860. The third-order valence-corrected chi connectivity index (χ3v) is 4.92. The molecule has 0 radical (unpaired) electrons. The maximum atomic E-state index is 6.54. The van der Waals surface area contributed by atoms with Gasteiger partial charge < -0.3 is 10.5 Å². The Morgan fingerprint density at radius 2 is 1.60 bits per heavy atom. The number of aryl methyl sites for hydroxylation is 1. The van der Waals surface area contributed by atoms with Gasteiger partial charge in [-0.15, -0.1) is 0 Å². The molecule has 1 saturated carbocycles. The highest BCUT2D eigenvalue weighted by molar-refractivity contribution is 5.23. The summed E-state index contributed by atoms with van der Waals surface area (Å²) in [5.74, 6) is 0. The van der Waals surface area contributed by atoms with Crippen LogP contribution in [-0.2, 0) is 17.6 Å². The molecule has 1 aliphatic rings. The second-order valence-electron chi connectivity index (χ2n) is 6.16. The lowest BCUT2D eigenvalue weighted by atomic mass is 9.83. The Kier molecular flexibility index (Phi) is 5.62. The minimum atomic E-state index is -0.111. The SMILES string of the molecule is CCc1ccc(CC(N)C2(OC)CCCCCC2)cc1. The smallest absolute Gasteiger partial charge is 0.0832 e. The summed E-state index contributed by atoms with van der Waals surface area (Å²) < 4.78 is 5.91. The van der Waals surface area contributed by atoms with Gasteiger partial charge in [0.05, 0.1) is 5.60 Å². The minimum absolute atomic E-state index is 0.0954. The first-order chi connectivity index (χ1) is 9.70. The van der Waals surface area contributed by atoms with Crippen LogP contribution in [0.5, 0.6) is 0 Å². The van der Waals surface area contributed by atoms with Gasteiger partial charge in [-0.05, 0) is 36.8 Å². The van der Waals surface area contributed by atoms with Crippen molar-refractivity contribution >= 4 is 0 Å². The molecular formula is C18H29NO. The molecule has 0 saturated heterocycles. The van der Waals surface area contributed by atoms with E-state index in [-0.39, 0.29) is 11.6 Å². The molecule has 1 atom stereocenters. The van der Waals surface area contributed by atoms with E-state index in [0.717, 1.165) is 25.7 Å². The lowest BCUT2D eigenvalue weighted by Crippen LogP contribution is -2.50. The number of hydrogen-bond donors (Lipinski definition) is 1. The fourth-order valence-electron chi connectivity index (χ4n) is 3.40. The van der Waals surface area contributed by atoms with Crippen LogP contribution in [0.15, 0.2) is 24.3 Å². The fraction of sp³-hybridized carbons (Fsp3) is 0.667. The summed E-state index contributed by atoms with van der Waals surface area (Å²) in [5, 5.41) is 0. The molecule has 2 rings (SSSR count). The third kappa shape index (κ3) is 3.62. The molecule has 0 amide bonds. The van der Waals surface area contributed by atoms with Gasteiger partial charge in [-0.1, -0.05) is 56.9 Å². The van der Waals surface area contributed by atoms with Gasteiger partial charge in [-0.3, -0.25) is 0 Å². The van der Waals surface area contributed by atoms with Crippen molar-refractivity contribution in [3.63, 3.8) is 0 Å². The number of ether oxygens (including phenoxy) is 1. The van der Waals surface area contributed by atoms with Crippen molar-refractivity contribution < 1.29 is 4.74 Å². The Balaban J connectivity index is 2.05. The molecule has 1 aromatic carbocycles. The van der Waals surface area contributed by atoms with E-state index in [1.54, 1.807) is 0 Å². The van der Waals surface area contributed by atoms with Gasteiger partial charge in [-0.25, -0.2) is 0 Å². The number of benzene rings is 1. The van der Waals surface area contributed by atoms with E-state index in [0.29, 0.717) is 0 Å². The average Bonchev–Trinajstić information content (AvgIpc) is 2.74. The first-order valence-electron chi connectivity index (χ1n) is 8.09. The van der Waals surface area contributed by atoms with Crippen LogP contribution in [-0.4, -0.2) is 18.8 Å². The highest BCUT2D eigenvalue weighted by atomic mass is 16.5. The summed E-state index contributed by atoms with van der Waals surface area (Å²) >= 11 is 0. The Labute approximate surface area is 123 Å². The molecule has 0 aliphatic heterocycles. The molecular weight excluding hydrogens is 246 g/mol. The van der Waals surface area contributed by atoms with Crippen LogP contribution in [0.3, 0.4) is 0 Å². The van der Waals surface area contributed by atoms with Crippen molar-refractivity contribution in [2.24, 2.45) is 5.73 Å².